The maximum atomic E-state index is 11.2. The lowest BCUT2D eigenvalue weighted by atomic mass is 10.6. The molecule has 0 aromatic carbocycles. The van der Waals surface area contributed by atoms with Gasteiger partial charge in [-0.2, -0.15) is 0 Å². The predicted octanol–water partition coefficient (Wildman–Crippen LogP) is -0.652. The van der Waals surface area contributed by atoms with Crippen LogP contribution < -0.4 is 10.6 Å². The first-order valence-corrected chi connectivity index (χ1v) is 6.17. The second-order valence-electron chi connectivity index (χ2n) is 3.33. The molecule has 0 heterocycles. The fourth-order valence-corrected chi connectivity index (χ4v) is 1.07. The Morgan fingerprint density at radius 2 is 1.50 bits per heavy atom. The molecule has 0 aliphatic rings. The quantitative estimate of drug-likeness (QED) is 0.408. The van der Waals surface area contributed by atoms with E-state index < -0.39 is 0 Å². The SMILES string of the molecule is CCOCCNC(=O)NCCOCCOCCO. The van der Waals surface area contributed by atoms with E-state index in [1.165, 1.54) is 0 Å². The zero-order valence-corrected chi connectivity index (χ0v) is 10.9. The normalized spacial score (nSPS) is 10.3. The van der Waals surface area contributed by atoms with E-state index in [0.717, 1.165) is 0 Å². The number of aliphatic hydroxyl groups is 1. The summed E-state index contributed by atoms with van der Waals surface area (Å²) in [5.74, 6) is 0. The molecule has 0 atom stereocenters. The number of hydrogen-bond donors (Lipinski definition) is 3. The number of rotatable bonds is 12. The summed E-state index contributed by atoms with van der Waals surface area (Å²) in [6.07, 6.45) is 0. The van der Waals surface area contributed by atoms with Crippen LogP contribution in [0.4, 0.5) is 4.79 Å². The molecule has 0 aliphatic carbocycles. The van der Waals surface area contributed by atoms with Crippen LogP contribution in [0.2, 0.25) is 0 Å². The van der Waals surface area contributed by atoms with Crippen LogP contribution in [-0.2, 0) is 14.2 Å². The minimum absolute atomic E-state index is 0.0173. The molecule has 0 unspecified atom stereocenters. The van der Waals surface area contributed by atoms with Crippen LogP contribution in [0.1, 0.15) is 6.92 Å². The number of ether oxygens (including phenoxy) is 3. The Morgan fingerprint density at radius 1 is 0.944 bits per heavy atom. The largest absolute Gasteiger partial charge is 0.394 e. The standard InChI is InChI=1S/C11H24N2O5/c1-2-16-6-3-12-11(15)13-4-7-17-9-10-18-8-5-14/h14H,2-10H2,1H3,(H2,12,13,15). The Balaban J connectivity index is 3.10. The lowest BCUT2D eigenvalue weighted by Crippen LogP contribution is -2.39. The van der Waals surface area contributed by atoms with Crippen molar-refractivity contribution in [3.8, 4) is 0 Å². The first-order chi connectivity index (χ1) is 8.81. The highest BCUT2D eigenvalue weighted by Gasteiger charge is 1.97. The van der Waals surface area contributed by atoms with Gasteiger partial charge in [-0.25, -0.2) is 4.79 Å². The summed E-state index contributed by atoms with van der Waals surface area (Å²) in [7, 11) is 0. The molecule has 0 spiro atoms. The minimum Gasteiger partial charge on any atom is -0.394 e. The Kier molecular flexibility index (Phi) is 13.5. The molecule has 0 fully saturated rings. The van der Waals surface area contributed by atoms with Crippen molar-refractivity contribution in [2.75, 3.05) is 59.3 Å². The third kappa shape index (κ3) is 13.2. The van der Waals surface area contributed by atoms with Gasteiger partial charge in [-0.15, -0.1) is 0 Å². The lowest BCUT2D eigenvalue weighted by Gasteiger charge is -2.08. The number of urea groups is 1. The number of amides is 2. The van der Waals surface area contributed by atoms with Gasteiger partial charge in [0.1, 0.15) is 0 Å². The summed E-state index contributed by atoms with van der Waals surface area (Å²) in [4.78, 5) is 11.2. The van der Waals surface area contributed by atoms with Crippen molar-refractivity contribution >= 4 is 6.03 Å². The number of carbonyl (C=O) groups excluding carboxylic acids is 1. The zero-order chi connectivity index (χ0) is 13.5. The average Bonchev–Trinajstić information content (AvgIpc) is 2.38. The fraction of sp³-hybridized carbons (Fsp3) is 0.909. The number of hydrogen-bond acceptors (Lipinski definition) is 5. The van der Waals surface area contributed by atoms with Crippen molar-refractivity contribution < 1.29 is 24.1 Å². The molecule has 0 aromatic rings. The molecule has 0 saturated carbocycles. The van der Waals surface area contributed by atoms with E-state index in [1.54, 1.807) is 0 Å². The minimum atomic E-state index is -0.227. The highest BCUT2D eigenvalue weighted by molar-refractivity contribution is 5.73. The molecule has 3 N–H and O–H groups in total. The average molecular weight is 264 g/mol. The van der Waals surface area contributed by atoms with Crippen molar-refractivity contribution in [2.24, 2.45) is 0 Å². The van der Waals surface area contributed by atoms with Crippen molar-refractivity contribution in [1.29, 1.82) is 0 Å². The Hall–Kier alpha value is -0.890. The molecular weight excluding hydrogens is 240 g/mol. The molecular formula is C11H24N2O5. The van der Waals surface area contributed by atoms with Gasteiger partial charge in [0.05, 0.1) is 39.6 Å². The van der Waals surface area contributed by atoms with Gasteiger partial charge in [-0.1, -0.05) is 0 Å². The van der Waals surface area contributed by atoms with Crippen molar-refractivity contribution in [2.45, 2.75) is 6.92 Å². The summed E-state index contributed by atoms with van der Waals surface area (Å²) in [5.41, 5.74) is 0. The van der Waals surface area contributed by atoms with Gasteiger partial charge in [0.15, 0.2) is 0 Å². The van der Waals surface area contributed by atoms with Crippen molar-refractivity contribution in [3.05, 3.63) is 0 Å². The first kappa shape index (κ1) is 17.1. The van der Waals surface area contributed by atoms with Crippen LogP contribution in [0.15, 0.2) is 0 Å². The van der Waals surface area contributed by atoms with Crippen LogP contribution in [-0.4, -0.2) is 70.5 Å². The molecule has 0 saturated heterocycles. The molecule has 7 heteroatoms. The van der Waals surface area contributed by atoms with Gasteiger partial charge in [-0.05, 0) is 6.92 Å². The lowest BCUT2D eigenvalue weighted by molar-refractivity contribution is 0.0344. The second kappa shape index (κ2) is 14.2. The van der Waals surface area contributed by atoms with E-state index >= 15 is 0 Å². The molecule has 0 aromatic heterocycles. The van der Waals surface area contributed by atoms with E-state index in [1.807, 2.05) is 6.92 Å². The van der Waals surface area contributed by atoms with Crippen LogP contribution in [0.3, 0.4) is 0 Å². The van der Waals surface area contributed by atoms with Gasteiger partial charge in [0.25, 0.3) is 0 Å². The summed E-state index contributed by atoms with van der Waals surface area (Å²) in [6, 6.07) is -0.227. The summed E-state index contributed by atoms with van der Waals surface area (Å²) in [5, 5.41) is 13.7. The predicted molar refractivity (Wildman–Crippen MR) is 66.6 cm³/mol. The van der Waals surface area contributed by atoms with Gasteiger partial charge >= 0.3 is 6.03 Å². The van der Waals surface area contributed by atoms with Crippen LogP contribution in [0.25, 0.3) is 0 Å². The smallest absolute Gasteiger partial charge is 0.314 e. The maximum Gasteiger partial charge on any atom is 0.314 e. The highest BCUT2D eigenvalue weighted by Crippen LogP contribution is 1.78. The number of carbonyl (C=O) groups is 1. The van der Waals surface area contributed by atoms with Gasteiger partial charge in [0, 0.05) is 19.7 Å². The van der Waals surface area contributed by atoms with Crippen molar-refractivity contribution in [3.63, 3.8) is 0 Å². The Morgan fingerprint density at radius 3 is 2.06 bits per heavy atom. The van der Waals surface area contributed by atoms with Crippen LogP contribution >= 0.6 is 0 Å². The third-order valence-corrected chi connectivity index (χ3v) is 1.88. The van der Waals surface area contributed by atoms with Crippen LogP contribution in [0.5, 0.6) is 0 Å². The topological polar surface area (TPSA) is 89.1 Å². The molecule has 0 bridgehead atoms. The van der Waals surface area contributed by atoms with E-state index in [4.69, 9.17) is 19.3 Å². The number of nitrogens with one attached hydrogen (secondary N) is 2. The molecule has 108 valence electrons. The van der Waals surface area contributed by atoms with Gasteiger partial charge < -0.3 is 30.0 Å². The molecule has 18 heavy (non-hydrogen) atoms. The summed E-state index contributed by atoms with van der Waals surface area (Å²) in [6.45, 7) is 5.68. The molecule has 0 aliphatic heterocycles. The summed E-state index contributed by atoms with van der Waals surface area (Å²) >= 11 is 0. The molecule has 0 radical (unpaired) electrons. The third-order valence-electron chi connectivity index (χ3n) is 1.88. The van der Waals surface area contributed by atoms with Crippen LogP contribution in [0, 0.1) is 0 Å². The van der Waals surface area contributed by atoms with E-state index in [9.17, 15) is 4.79 Å². The van der Waals surface area contributed by atoms with E-state index in [0.29, 0.717) is 52.7 Å². The zero-order valence-electron chi connectivity index (χ0n) is 10.9. The fourth-order valence-electron chi connectivity index (χ4n) is 1.07. The van der Waals surface area contributed by atoms with Gasteiger partial charge in [0.2, 0.25) is 0 Å². The van der Waals surface area contributed by atoms with E-state index in [2.05, 4.69) is 10.6 Å². The monoisotopic (exact) mass is 264 g/mol. The Labute approximate surface area is 108 Å². The highest BCUT2D eigenvalue weighted by atomic mass is 16.5. The first-order valence-electron chi connectivity index (χ1n) is 6.17. The molecule has 0 rings (SSSR count). The Bertz CT molecular complexity index is 192. The summed E-state index contributed by atoms with van der Waals surface area (Å²) < 4.78 is 15.3. The molecule has 2 amide bonds. The maximum absolute atomic E-state index is 11.2. The molecule has 7 nitrogen and oxygen atoms in total. The second-order valence-corrected chi connectivity index (χ2v) is 3.33. The van der Waals surface area contributed by atoms with Gasteiger partial charge in [-0.3, -0.25) is 0 Å². The van der Waals surface area contributed by atoms with Crippen molar-refractivity contribution in [1.82, 2.24) is 10.6 Å². The number of aliphatic hydroxyl groups excluding tert-OH is 1. The van der Waals surface area contributed by atoms with E-state index in [-0.39, 0.29) is 12.6 Å².